The molecule has 1 N–H and O–H groups in total. The number of thiophene rings is 1. The summed E-state index contributed by atoms with van der Waals surface area (Å²) in [5.74, 6) is 0.936. The molecule has 1 atom stereocenters. The lowest BCUT2D eigenvalue weighted by Crippen LogP contribution is -2.35. The summed E-state index contributed by atoms with van der Waals surface area (Å²) >= 11 is 5.43. The van der Waals surface area contributed by atoms with Crippen molar-refractivity contribution in [2.45, 2.75) is 39.2 Å². The van der Waals surface area contributed by atoms with Gasteiger partial charge in [0, 0.05) is 15.4 Å². The molecule has 4 heteroatoms. The molecule has 2 heterocycles. The maximum Gasteiger partial charge on any atom is 0.0397 e. The van der Waals surface area contributed by atoms with Gasteiger partial charge < -0.3 is 10.2 Å². The predicted octanol–water partition coefficient (Wildman–Crippen LogP) is 4.28. The zero-order chi connectivity index (χ0) is 13.7. The summed E-state index contributed by atoms with van der Waals surface area (Å²) in [4.78, 5) is 4.03. The summed E-state index contributed by atoms with van der Waals surface area (Å²) in [6.45, 7) is 9.58. The fraction of sp³-hybridized carbons (Fsp3) is 0.733. The second-order valence-corrected chi connectivity index (χ2v) is 7.49. The van der Waals surface area contributed by atoms with Gasteiger partial charge in [-0.25, -0.2) is 0 Å². The molecule has 0 saturated carbocycles. The number of halogens is 1. The Morgan fingerprint density at radius 2 is 2.21 bits per heavy atom. The van der Waals surface area contributed by atoms with E-state index >= 15 is 0 Å². The highest BCUT2D eigenvalue weighted by Crippen LogP contribution is 2.28. The molecule has 1 fully saturated rings. The van der Waals surface area contributed by atoms with E-state index < -0.39 is 0 Å². The number of likely N-dealkylation sites (tertiary alicyclic amines) is 1. The van der Waals surface area contributed by atoms with Crippen LogP contribution in [0.5, 0.6) is 0 Å². The lowest BCUT2D eigenvalue weighted by molar-refractivity contribution is 0.190. The maximum atomic E-state index is 3.63. The van der Waals surface area contributed by atoms with Crippen LogP contribution in [0.4, 0.5) is 0 Å². The van der Waals surface area contributed by atoms with E-state index in [2.05, 4.69) is 51.4 Å². The van der Waals surface area contributed by atoms with E-state index in [1.54, 1.807) is 0 Å². The van der Waals surface area contributed by atoms with E-state index in [0.717, 1.165) is 12.5 Å². The molecule has 2 nitrogen and oxygen atoms in total. The lowest BCUT2D eigenvalue weighted by Gasteiger charge is -2.30. The third kappa shape index (κ3) is 4.85. The fourth-order valence-electron chi connectivity index (χ4n) is 2.61. The van der Waals surface area contributed by atoms with Gasteiger partial charge in [0.1, 0.15) is 0 Å². The molecule has 0 aliphatic carbocycles. The van der Waals surface area contributed by atoms with Gasteiger partial charge >= 0.3 is 0 Å². The highest BCUT2D eigenvalue weighted by atomic mass is 79.9. The van der Waals surface area contributed by atoms with Gasteiger partial charge in [0.05, 0.1) is 0 Å². The molecule has 2 rings (SSSR count). The number of nitrogens with one attached hydrogen (secondary N) is 1. The quantitative estimate of drug-likeness (QED) is 0.774. The van der Waals surface area contributed by atoms with Gasteiger partial charge in [-0.05, 0) is 85.7 Å². The van der Waals surface area contributed by atoms with Crippen LogP contribution >= 0.6 is 27.3 Å². The Labute approximate surface area is 129 Å². The van der Waals surface area contributed by atoms with Crippen LogP contribution < -0.4 is 5.32 Å². The number of hydrogen-bond donors (Lipinski definition) is 1. The summed E-state index contributed by atoms with van der Waals surface area (Å²) in [7, 11) is 0. The summed E-state index contributed by atoms with van der Waals surface area (Å²) < 4.78 is 1.24. The van der Waals surface area contributed by atoms with Crippen LogP contribution in [0.25, 0.3) is 0 Å². The largest absolute Gasteiger partial charge is 0.309 e. The second kappa shape index (κ2) is 7.77. The van der Waals surface area contributed by atoms with E-state index in [0.29, 0.717) is 6.04 Å². The number of piperidine rings is 1. The van der Waals surface area contributed by atoms with E-state index in [-0.39, 0.29) is 0 Å². The third-order valence-electron chi connectivity index (χ3n) is 4.02. The molecule has 0 bridgehead atoms. The Hall–Kier alpha value is 0.100. The van der Waals surface area contributed by atoms with Gasteiger partial charge in [0.2, 0.25) is 0 Å². The van der Waals surface area contributed by atoms with Gasteiger partial charge in [-0.3, -0.25) is 0 Å². The SMILES string of the molecule is CC1CCN(CCCNC(C)c2sccc2Br)CC1. The van der Waals surface area contributed by atoms with Crippen LogP contribution in [0.2, 0.25) is 0 Å². The molecule has 1 unspecified atom stereocenters. The molecule has 0 spiro atoms. The molecule has 0 radical (unpaired) electrons. The average molecular weight is 345 g/mol. The van der Waals surface area contributed by atoms with Gasteiger partial charge in [-0.2, -0.15) is 0 Å². The second-order valence-electron chi connectivity index (χ2n) is 5.69. The molecule has 1 aromatic heterocycles. The molecule has 1 aromatic rings. The van der Waals surface area contributed by atoms with Gasteiger partial charge in [0.25, 0.3) is 0 Å². The highest BCUT2D eigenvalue weighted by Gasteiger charge is 2.15. The van der Waals surface area contributed by atoms with Gasteiger partial charge in [-0.1, -0.05) is 6.92 Å². The standard InChI is InChI=1S/C15H25BrN2S/c1-12-4-9-18(10-5-12)8-3-7-17-13(2)15-14(16)6-11-19-15/h6,11-13,17H,3-5,7-10H2,1-2H3. The van der Waals surface area contributed by atoms with Crippen LogP contribution in [-0.2, 0) is 0 Å². The van der Waals surface area contributed by atoms with Crippen molar-refractivity contribution < 1.29 is 0 Å². The Morgan fingerprint density at radius 1 is 1.47 bits per heavy atom. The lowest BCUT2D eigenvalue weighted by atomic mass is 9.99. The highest BCUT2D eigenvalue weighted by molar-refractivity contribution is 9.10. The third-order valence-corrected chi connectivity index (χ3v) is 6.07. The summed E-state index contributed by atoms with van der Waals surface area (Å²) in [6, 6.07) is 2.59. The average Bonchev–Trinajstić information content (AvgIpc) is 2.83. The van der Waals surface area contributed by atoms with Crippen LogP contribution in [0.1, 0.15) is 44.0 Å². The van der Waals surface area contributed by atoms with Crippen LogP contribution in [-0.4, -0.2) is 31.1 Å². The van der Waals surface area contributed by atoms with Crippen molar-refractivity contribution in [2.75, 3.05) is 26.2 Å². The minimum absolute atomic E-state index is 0.454. The Kier molecular flexibility index (Phi) is 6.33. The van der Waals surface area contributed by atoms with E-state index in [9.17, 15) is 0 Å². The van der Waals surface area contributed by atoms with Crippen molar-refractivity contribution in [3.63, 3.8) is 0 Å². The van der Waals surface area contributed by atoms with E-state index in [1.165, 1.54) is 48.2 Å². The maximum absolute atomic E-state index is 3.63. The van der Waals surface area contributed by atoms with Crippen molar-refractivity contribution >= 4 is 27.3 Å². The van der Waals surface area contributed by atoms with Gasteiger partial charge in [-0.15, -0.1) is 11.3 Å². The fourth-order valence-corrected chi connectivity index (χ4v) is 4.36. The topological polar surface area (TPSA) is 15.3 Å². The molecule has 1 saturated heterocycles. The van der Waals surface area contributed by atoms with Crippen molar-refractivity contribution in [1.29, 1.82) is 0 Å². The molecule has 0 aromatic carbocycles. The molecular formula is C15H25BrN2S. The smallest absolute Gasteiger partial charge is 0.0397 e. The van der Waals surface area contributed by atoms with Crippen molar-refractivity contribution in [3.8, 4) is 0 Å². The minimum Gasteiger partial charge on any atom is -0.309 e. The first-order chi connectivity index (χ1) is 9.16. The Bertz CT molecular complexity index is 372. The zero-order valence-corrected chi connectivity index (χ0v) is 14.4. The summed E-state index contributed by atoms with van der Waals surface area (Å²) in [6.07, 6.45) is 4.01. The monoisotopic (exact) mass is 344 g/mol. The van der Waals surface area contributed by atoms with Crippen LogP contribution in [0.15, 0.2) is 15.9 Å². The number of rotatable bonds is 6. The molecule has 19 heavy (non-hydrogen) atoms. The zero-order valence-electron chi connectivity index (χ0n) is 12.0. The normalized spacial score (nSPS) is 19.7. The first kappa shape index (κ1) is 15.5. The van der Waals surface area contributed by atoms with Crippen LogP contribution in [0.3, 0.4) is 0 Å². The Balaban J connectivity index is 1.60. The van der Waals surface area contributed by atoms with Crippen LogP contribution in [0, 0.1) is 5.92 Å². The molecule has 1 aliphatic rings. The molecule has 0 amide bonds. The Morgan fingerprint density at radius 3 is 2.84 bits per heavy atom. The molecular weight excluding hydrogens is 320 g/mol. The van der Waals surface area contributed by atoms with Crippen molar-refractivity contribution in [3.05, 3.63) is 20.8 Å². The number of hydrogen-bond acceptors (Lipinski definition) is 3. The summed E-state index contributed by atoms with van der Waals surface area (Å²) in [5.41, 5.74) is 0. The van der Waals surface area contributed by atoms with Gasteiger partial charge in [0.15, 0.2) is 0 Å². The van der Waals surface area contributed by atoms with Crippen molar-refractivity contribution in [1.82, 2.24) is 10.2 Å². The summed E-state index contributed by atoms with van der Waals surface area (Å²) in [5, 5.41) is 5.77. The van der Waals surface area contributed by atoms with E-state index in [4.69, 9.17) is 0 Å². The molecule has 108 valence electrons. The van der Waals surface area contributed by atoms with Crippen molar-refractivity contribution in [2.24, 2.45) is 5.92 Å². The minimum atomic E-state index is 0.454. The first-order valence-electron chi connectivity index (χ1n) is 7.35. The first-order valence-corrected chi connectivity index (χ1v) is 9.02. The van der Waals surface area contributed by atoms with E-state index in [1.807, 2.05) is 11.3 Å². The predicted molar refractivity (Wildman–Crippen MR) is 87.9 cm³/mol. The molecule has 1 aliphatic heterocycles. The number of nitrogens with zero attached hydrogens (tertiary/aromatic N) is 1.